The van der Waals surface area contributed by atoms with Crippen LogP contribution in [0.4, 0.5) is 5.69 Å². The number of halogens is 2. The lowest BCUT2D eigenvalue weighted by Crippen LogP contribution is -2.46. The van der Waals surface area contributed by atoms with E-state index in [-0.39, 0.29) is 5.91 Å². The van der Waals surface area contributed by atoms with Crippen LogP contribution in [0, 0.1) is 0 Å². The number of amides is 1. The first-order valence-electron chi connectivity index (χ1n) is 10.8. The molecule has 0 saturated carbocycles. The van der Waals surface area contributed by atoms with Crippen LogP contribution < -0.4 is 15.0 Å². The van der Waals surface area contributed by atoms with Gasteiger partial charge in [0, 0.05) is 38.9 Å². The molecular weight excluding hydrogens is 449 g/mol. The highest BCUT2D eigenvalue weighted by atomic mass is 35.5. The number of ether oxygens (including phenoxy) is 1. The second-order valence-electron chi connectivity index (χ2n) is 7.78. The third-order valence-electron chi connectivity index (χ3n) is 5.74. The third-order valence-corrected chi connectivity index (χ3v) is 6.55. The van der Waals surface area contributed by atoms with Gasteiger partial charge >= 0.3 is 0 Å². The number of fused-ring (bicyclic) bond motifs is 1. The lowest BCUT2D eigenvalue weighted by Gasteiger charge is -2.36. The van der Waals surface area contributed by atoms with Crippen molar-refractivity contribution in [2.75, 3.05) is 51.3 Å². The van der Waals surface area contributed by atoms with Gasteiger partial charge in [-0.2, -0.15) is 5.10 Å². The predicted octanol–water partition coefficient (Wildman–Crippen LogP) is 3.98. The first-order valence-corrected chi connectivity index (χ1v) is 11.5. The Labute approximate surface area is 197 Å². The lowest BCUT2D eigenvalue weighted by molar-refractivity contribution is 0.0944. The van der Waals surface area contributed by atoms with Crippen molar-refractivity contribution in [3.8, 4) is 5.75 Å². The first-order chi connectivity index (χ1) is 15.6. The molecule has 0 aliphatic carbocycles. The second-order valence-corrected chi connectivity index (χ2v) is 8.56. The first kappa shape index (κ1) is 22.7. The molecule has 1 fully saturated rings. The zero-order valence-corrected chi connectivity index (χ0v) is 19.6. The fourth-order valence-corrected chi connectivity index (χ4v) is 4.44. The normalized spacial score (nSPS) is 14.7. The van der Waals surface area contributed by atoms with Gasteiger partial charge in [-0.3, -0.25) is 9.69 Å². The number of nitrogens with zero attached hydrogens (tertiary/aromatic N) is 4. The van der Waals surface area contributed by atoms with E-state index in [4.69, 9.17) is 27.9 Å². The summed E-state index contributed by atoms with van der Waals surface area (Å²) in [5, 5.41) is 8.53. The zero-order chi connectivity index (χ0) is 22.5. The highest BCUT2D eigenvalue weighted by molar-refractivity contribution is 6.43. The molecular formula is C23H27Cl2N5O2. The van der Waals surface area contributed by atoms with Gasteiger partial charge < -0.3 is 15.0 Å². The quantitative estimate of drug-likeness (QED) is 0.499. The van der Waals surface area contributed by atoms with E-state index < -0.39 is 0 Å². The van der Waals surface area contributed by atoms with Crippen molar-refractivity contribution in [1.29, 1.82) is 0 Å². The number of piperazine rings is 1. The molecule has 0 radical (unpaired) electrons. The number of rotatable bonds is 8. The molecule has 2 aromatic heterocycles. The number of unbranched alkanes of at least 4 members (excludes halogenated alkanes) is 1. The van der Waals surface area contributed by atoms with Gasteiger partial charge in [-0.15, -0.1) is 0 Å². The minimum absolute atomic E-state index is 0.211. The molecule has 1 aromatic carbocycles. The summed E-state index contributed by atoms with van der Waals surface area (Å²) in [7, 11) is 1.56. The Balaban J connectivity index is 1.19. The predicted molar refractivity (Wildman–Crippen MR) is 128 cm³/mol. The van der Waals surface area contributed by atoms with E-state index in [1.807, 2.05) is 36.4 Å². The molecule has 32 heavy (non-hydrogen) atoms. The van der Waals surface area contributed by atoms with Crippen LogP contribution in [0.3, 0.4) is 0 Å². The van der Waals surface area contributed by atoms with Crippen LogP contribution in [0.5, 0.6) is 5.75 Å². The maximum atomic E-state index is 12.6. The molecule has 0 bridgehead atoms. The van der Waals surface area contributed by atoms with Gasteiger partial charge in [-0.25, -0.2) is 4.52 Å². The number of carbonyl (C=O) groups excluding carboxylic acids is 1. The molecule has 0 atom stereocenters. The summed E-state index contributed by atoms with van der Waals surface area (Å²) in [6.45, 7) is 5.41. The Kier molecular flexibility index (Phi) is 7.40. The molecule has 0 spiro atoms. The molecule has 170 valence electrons. The number of methoxy groups -OCH3 is 1. The molecule has 1 amide bonds. The summed E-state index contributed by atoms with van der Waals surface area (Å²) in [4.78, 5) is 17.3. The summed E-state index contributed by atoms with van der Waals surface area (Å²) >= 11 is 12.5. The fourth-order valence-electron chi connectivity index (χ4n) is 4.02. The molecule has 1 aliphatic heterocycles. The van der Waals surface area contributed by atoms with Crippen molar-refractivity contribution in [3.63, 3.8) is 0 Å². The largest absolute Gasteiger partial charge is 0.492 e. The van der Waals surface area contributed by atoms with Crippen LogP contribution in [0.25, 0.3) is 5.52 Å². The van der Waals surface area contributed by atoms with Crippen molar-refractivity contribution < 1.29 is 9.53 Å². The van der Waals surface area contributed by atoms with Crippen LogP contribution in [0.2, 0.25) is 10.0 Å². The van der Waals surface area contributed by atoms with Crippen LogP contribution in [-0.4, -0.2) is 66.8 Å². The van der Waals surface area contributed by atoms with Crippen LogP contribution >= 0.6 is 23.2 Å². The van der Waals surface area contributed by atoms with Gasteiger partial charge in [0.2, 0.25) is 0 Å². The van der Waals surface area contributed by atoms with Gasteiger partial charge in [0.15, 0.2) is 11.4 Å². The zero-order valence-electron chi connectivity index (χ0n) is 18.1. The van der Waals surface area contributed by atoms with E-state index in [0.29, 0.717) is 28.0 Å². The summed E-state index contributed by atoms with van der Waals surface area (Å²) in [5.41, 5.74) is 2.09. The summed E-state index contributed by atoms with van der Waals surface area (Å²) in [5.74, 6) is 0.290. The molecule has 3 heterocycles. The molecule has 4 rings (SSSR count). The third kappa shape index (κ3) is 4.95. The number of carbonyl (C=O) groups is 1. The average Bonchev–Trinajstić information content (AvgIpc) is 3.20. The van der Waals surface area contributed by atoms with Crippen molar-refractivity contribution in [2.24, 2.45) is 0 Å². The van der Waals surface area contributed by atoms with Crippen molar-refractivity contribution in [3.05, 3.63) is 58.3 Å². The average molecular weight is 476 g/mol. The number of hydrogen-bond donors (Lipinski definition) is 1. The fraction of sp³-hybridized carbons (Fsp3) is 0.391. The summed E-state index contributed by atoms with van der Waals surface area (Å²) in [6.07, 6.45) is 3.72. The number of anilines is 1. The van der Waals surface area contributed by atoms with Gasteiger partial charge in [0.1, 0.15) is 5.52 Å². The minimum Gasteiger partial charge on any atom is -0.492 e. The maximum Gasteiger partial charge on any atom is 0.275 e. The number of aromatic nitrogens is 2. The molecule has 7 nitrogen and oxygen atoms in total. The highest BCUT2D eigenvalue weighted by Crippen LogP contribution is 2.32. The van der Waals surface area contributed by atoms with Gasteiger partial charge in [0.05, 0.1) is 22.8 Å². The lowest BCUT2D eigenvalue weighted by atomic mass is 10.2. The number of pyridine rings is 1. The van der Waals surface area contributed by atoms with Gasteiger partial charge in [0.25, 0.3) is 5.91 Å². The number of nitrogens with one attached hydrogen (secondary N) is 1. The SMILES string of the molecule is COc1c(C(=O)NCCCCN2CCN(c3cccc(Cl)c3Cl)CC2)nn2ccccc12. The molecule has 9 heteroatoms. The van der Waals surface area contributed by atoms with E-state index in [2.05, 4.69) is 20.2 Å². The van der Waals surface area contributed by atoms with E-state index in [1.54, 1.807) is 17.8 Å². The Morgan fingerprint density at radius 1 is 1.09 bits per heavy atom. The second kappa shape index (κ2) is 10.4. The molecule has 1 N–H and O–H groups in total. The Morgan fingerprint density at radius 3 is 2.69 bits per heavy atom. The number of hydrogen-bond acceptors (Lipinski definition) is 5. The molecule has 1 aliphatic rings. The Hall–Kier alpha value is -2.48. The van der Waals surface area contributed by atoms with Gasteiger partial charge in [-0.1, -0.05) is 35.3 Å². The smallest absolute Gasteiger partial charge is 0.275 e. The van der Waals surface area contributed by atoms with Gasteiger partial charge in [-0.05, 0) is 43.7 Å². The molecule has 1 saturated heterocycles. The topological polar surface area (TPSA) is 62.1 Å². The van der Waals surface area contributed by atoms with Crippen LogP contribution in [-0.2, 0) is 0 Å². The van der Waals surface area contributed by atoms with E-state index in [9.17, 15) is 4.79 Å². The maximum absolute atomic E-state index is 12.6. The summed E-state index contributed by atoms with van der Waals surface area (Å²) in [6, 6.07) is 11.4. The Bertz CT molecular complexity index is 1080. The van der Waals surface area contributed by atoms with Crippen molar-refractivity contribution in [1.82, 2.24) is 19.8 Å². The Morgan fingerprint density at radius 2 is 1.91 bits per heavy atom. The molecule has 0 unspecified atom stereocenters. The van der Waals surface area contributed by atoms with E-state index in [0.717, 1.165) is 56.8 Å². The highest BCUT2D eigenvalue weighted by Gasteiger charge is 2.21. The molecule has 3 aromatic rings. The van der Waals surface area contributed by atoms with Crippen LogP contribution in [0.1, 0.15) is 23.3 Å². The van der Waals surface area contributed by atoms with E-state index >= 15 is 0 Å². The monoisotopic (exact) mass is 475 g/mol. The number of benzene rings is 1. The summed E-state index contributed by atoms with van der Waals surface area (Å²) < 4.78 is 7.07. The van der Waals surface area contributed by atoms with E-state index in [1.165, 1.54) is 0 Å². The standard InChI is InChI=1S/C23H27Cl2N5O2/c1-32-22-19-8-2-4-12-30(19)27-21(22)23(31)26-10-3-5-11-28-13-15-29(16-14-28)18-9-6-7-17(24)20(18)25/h2,4,6-9,12H,3,5,10-11,13-16H2,1H3,(H,26,31). The van der Waals surface area contributed by atoms with Crippen LogP contribution in [0.15, 0.2) is 42.6 Å². The van der Waals surface area contributed by atoms with Crippen molar-refractivity contribution in [2.45, 2.75) is 12.8 Å². The minimum atomic E-state index is -0.211. The van der Waals surface area contributed by atoms with Crippen molar-refractivity contribution >= 4 is 40.3 Å².